The Morgan fingerprint density at radius 3 is 2.81 bits per heavy atom. The Balaban J connectivity index is 2.30. The van der Waals surface area contributed by atoms with Gasteiger partial charge in [-0.05, 0) is 65.4 Å². The lowest BCUT2D eigenvalue weighted by molar-refractivity contribution is 0.627. The number of nitrogens with two attached hydrogens (primary N) is 1. The lowest BCUT2D eigenvalue weighted by Gasteiger charge is -2.10. The van der Waals surface area contributed by atoms with Crippen LogP contribution in [0.4, 0.5) is 10.1 Å². The van der Waals surface area contributed by atoms with Gasteiger partial charge < -0.3 is 10.3 Å². The maximum atomic E-state index is 13.5. The van der Waals surface area contributed by atoms with Gasteiger partial charge in [0.05, 0.1) is 11.0 Å². The second-order valence-corrected chi connectivity index (χ2v) is 6.20. The Hall–Kier alpha value is -1.63. The molecular weight excluding hydrogens is 380 g/mol. The van der Waals surface area contributed by atoms with E-state index in [9.17, 15) is 4.39 Å². The molecule has 108 valence electrons. The molecule has 5 heteroatoms. The van der Waals surface area contributed by atoms with Crippen LogP contribution in [0.25, 0.3) is 22.4 Å². The summed E-state index contributed by atoms with van der Waals surface area (Å²) in [5.74, 6) is 0.551. The summed E-state index contributed by atoms with van der Waals surface area (Å²) in [7, 11) is 0. The first-order valence-electron chi connectivity index (χ1n) is 6.81. The molecule has 2 aromatic carbocycles. The number of imidazole rings is 1. The topological polar surface area (TPSA) is 43.8 Å². The zero-order valence-electron chi connectivity index (χ0n) is 11.6. The van der Waals surface area contributed by atoms with E-state index < -0.39 is 0 Å². The Morgan fingerprint density at radius 1 is 1.24 bits per heavy atom. The molecule has 0 saturated carbocycles. The van der Waals surface area contributed by atoms with Crippen molar-refractivity contribution in [2.75, 3.05) is 5.73 Å². The third-order valence-corrected chi connectivity index (χ3v) is 4.08. The highest BCUT2D eigenvalue weighted by molar-refractivity contribution is 14.1. The third-order valence-electron chi connectivity index (χ3n) is 3.41. The van der Waals surface area contributed by atoms with Crippen LogP contribution in [-0.2, 0) is 6.54 Å². The Labute approximate surface area is 136 Å². The zero-order valence-corrected chi connectivity index (χ0v) is 13.8. The fourth-order valence-corrected chi connectivity index (χ4v) is 2.96. The van der Waals surface area contributed by atoms with Crippen molar-refractivity contribution in [3.63, 3.8) is 0 Å². The number of halogens is 2. The predicted octanol–water partition coefficient (Wildman–Crippen LogP) is 4.44. The number of aryl methyl sites for hydroxylation is 1. The van der Waals surface area contributed by atoms with Crippen LogP contribution in [0.3, 0.4) is 0 Å². The predicted molar refractivity (Wildman–Crippen MR) is 92.5 cm³/mol. The molecule has 0 aliphatic carbocycles. The molecular formula is C16H15FIN3. The van der Waals surface area contributed by atoms with Gasteiger partial charge in [0.25, 0.3) is 0 Å². The van der Waals surface area contributed by atoms with Crippen molar-refractivity contribution in [2.45, 2.75) is 19.9 Å². The summed E-state index contributed by atoms with van der Waals surface area (Å²) in [6.07, 6.45) is 0.943. The lowest BCUT2D eigenvalue weighted by Crippen LogP contribution is -2.02. The van der Waals surface area contributed by atoms with Gasteiger partial charge in [-0.25, -0.2) is 9.37 Å². The number of rotatable bonds is 3. The quantitative estimate of drug-likeness (QED) is 0.527. The van der Waals surface area contributed by atoms with E-state index >= 15 is 0 Å². The van der Waals surface area contributed by atoms with Gasteiger partial charge >= 0.3 is 0 Å². The number of anilines is 1. The minimum atomic E-state index is -0.248. The van der Waals surface area contributed by atoms with E-state index in [0.29, 0.717) is 5.69 Å². The first-order chi connectivity index (χ1) is 10.1. The third kappa shape index (κ3) is 2.62. The normalized spacial score (nSPS) is 11.2. The minimum Gasteiger partial charge on any atom is -0.398 e. The summed E-state index contributed by atoms with van der Waals surface area (Å²) in [4.78, 5) is 4.66. The van der Waals surface area contributed by atoms with Gasteiger partial charge in [0.15, 0.2) is 0 Å². The minimum absolute atomic E-state index is 0.248. The van der Waals surface area contributed by atoms with Crippen molar-refractivity contribution in [3.8, 4) is 11.4 Å². The fourth-order valence-electron chi connectivity index (χ4n) is 2.47. The second kappa shape index (κ2) is 5.63. The maximum Gasteiger partial charge on any atom is 0.143 e. The summed E-state index contributed by atoms with van der Waals surface area (Å²) in [6.45, 7) is 2.87. The van der Waals surface area contributed by atoms with Gasteiger partial charge in [0.2, 0.25) is 0 Å². The first-order valence-corrected chi connectivity index (χ1v) is 7.89. The van der Waals surface area contributed by atoms with Gasteiger partial charge in [-0.2, -0.15) is 0 Å². The summed E-state index contributed by atoms with van der Waals surface area (Å²) < 4.78 is 16.7. The van der Waals surface area contributed by atoms with Gasteiger partial charge in [-0.3, -0.25) is 0 Å². The van der Waals surface area contributed by atoms with Crippen molar-refractivity contribution < 1.29 is 4.39 Å². The molecule has 0 amide bonds. The zero-order chi connectivity index (χ0) is 15.0. The monoisotopic (exact) mass is 395 g/mol. The second-order valence-electron chi connectivity index (χ2n) is 4.95. The molecule has 0 atom stereocenters. The number of fused-ring (bicyclic) bond motifs is 1. The highest BCUT2D eigenvalue weighted by atomic mass is 127. The molecule has 3 aromatic rings. The number of aromatic nitrogens is 2. The van der Waals surface area contributed by atoms with Gasteiger partial charge in [0, 0.05) is 21.4 Å². The van der Waals surface area contributed by atoms with Crippen LogP contribution in [0.1, 0.15) is 13.3 Å². The molecule has 1 aromatic heterocycles. The van der Waals surface area contributed by atoms with E-state index in [-0.39, 0.29) is 5.82 Å². The van der Waals surface area contributed by atoms with E-state index in [1.165, 1.54) is 12.1 Å². The molecule has 3 nitrogen and oxygen atoms in total. The van der Waals surface area contributed by atoms with Gasteiger partial charge in [-0.1, -0.05) is 6.92 Å². The molecule has 0 radical (unpaired) electrons. The van der Waals surface area contributed by atoms with Crippen molar-refractivity contribution in [1.29, 1.82) is 0 Å². The summed E-state index contributed by atoms with van der Waals surface area (Å²) in [5, 5.41) is 0. The summed E-state index contributed by atoms with van der Waals surface area (Å²) >= 11 is 2.25. The van der Waals surface area contributed by atoms with Gasteiger partial charge in [-0.15, -0.1) is 0 Å². The molecule has 21 heavy (non-hydrogen) atoms. The molecule has 2 N–H and O–H groups in total. The van der Waals surface area contributed by atoms with E-state index in [0.717, 1.165) is 39.0 Å². The van der Waals surface area contributed by atoms with Crippen molar-refractivity contribution in [1.82, 2.24) is 9.55 Å². The molecule has 0 bridgehead atoms. The van der Waals surface area contributed by atoms with Gasteiger partial charge in [0.1, 0.15) is 11.6 Å². The van der Waals surface area contributed by atoms with E-state index in [1.54, 1.807) is 6.07 Å². The smallest absolute Gasteiger partial charge is 0.143 e. The van der Waals surface area contributed by atoms with E-state index in [1.807, 2.05) is 22.8 Å². The molecule has 0 fully saturated rings. The number of hydrogen-bond donors (Lipinski definition) is 1. The van der Waals surface area contributed by atoms with Crippen LogP contribution in [0.15, 0.2) is 36.4 Å². The van der Waals surface area contributed by atoms with E-state index in [2.05, 4.69) is 34.5 Å². The molecule has 3 rings (SSSR count). The molecule has 0 aliphatic heterocycles. The molecule has 0 unspecified atom stereocenters. The highest BCUT2D eigenvalue weighted by Gasteiger charge is 2.15. The summed E-state index contributed by atoms with van der Waals surface area (Å²) in [5.41, 5.74) is 9.29. The maximum absolute atomic E-state index is 13.5. The molecule has 0 spiro atoms. The molecule has 1 heterocycles. The molecule has 0 saturated heterocycles. The number of nitrogen functional groups attached to an aromatic ring is 1. The van der Waals surface area contributed by atoms with Crippen LogP contribution in [0, 0.1) is 9.39 Å². The Kier molecular flexibility index (Phi) is 3.84. The number of nitrogens with zero attached hydrogens (tertiary/aromatic N) is 2. The number of hydrogen-bond acceptors (Lipinski definition) is 2. The number of benzene rings is 2. The first kappa shape index (κ1) is 14.3. The Bertz CT molecular complexity index is 811. The fraction of sp³-hybridized carbons (Fsp3) is 0.188. The van der Waals surface area contributed by atoms with Crippen LogP contribution in [-0.4, -0.2) is 9.55 Å². The molecule has 0 aliphatic rings. The lowest BCUT2D eigenvalue weighted by atomic mass is 10.1. The SMILES string of the molecule is CCCn1c(-c2cc(I)ccc2N)nc2ccc(F)cc21. The highest BCUT2D eigenvalue weighted by Crippen LogP contribution is 2.30. The largest absolute Gasteiger partial charge is 0.398 e. The average Bonchev–Trinajstić information content (AvgIpc) is 2.80. The van der Waals surface area contributed by atoms with Crippen molar-refractivity contribution in [3.05, 3.63) is 45.8 Å². The van der Waals surface area contributed by atoms with Crippen molar-refractivity contribution in [2.24, 2.45) is 0 Å². The standard InChI is InChI=1S/C16H15FIN3/c1-2-7-21-15-8-10(17)3-6-14(15)20-16(21)12-9-11(18)4-5-13(12)19/h3-6,8-9H,2,7,19H2,1H3. The van der Waals surface area contributed by atoms with Crippen LogP contribution >= 0.6 is 22.6 Å². The summed E-state index contributed by atoms with van der Waals surface area (Å²) in [6, 6.07) is 10.5. The van der Waals surface area contributed by atoms with Crippen molar-refractivity contribution >= 4 is 39.3 Å². The van der Waals surface area contributed by atoms with Crippen LogP contribution < -0.4 is 5.73 Å². The average molecular weight is 395 g/mol. The van der Waals surface area contributed by atoms with E-state index in [4.69, 9.17) is 5.73 Å². The van der Waals surface area contributed by atoms with Crippen LogP contribution in [0.5, 0.6) is 0 Å². The van der Waals surface area contributed by atoms with Crippen LogP contribution in [0.2, 0.25) is 0 Å². The Morgan fingerprint density at radius 2 is 2.05 bits per heavy atom.